The van der Waals surface area contributed by atoms with Crippen molar-refractivity contribution in [1.29, 1.82) is 0 Å². The molecule has 0 spiro atoms. The van der Waals surface area contributed by atoms with Crippen molar-refractivity contribution in [1.82, 2.24) is 15.3 Å². The standard InChI is InChI=1S/C19H19N3O/c23-19(21-12-14-5-3-4-10-20-14)13-8-9-18-16(11-13)15-6-1-2-7-17(15)22-18/h1-7,10,13,22H,8-9,11-12H2,(H,21,23). The van der Waals surface area contributed by atoms with Crippen LogP contribution in [0.5, 0.6) is 0 Å². The van der Waals surface area contributed by atoms with E-state index >= 15 is 0 Å². The van der Waals surface area contributed by atoms with Gasteiger partial charge < -0.3 is 10.3 Å². The lowest BCUT2D eigenvalue weighted by Gasteiger charge is -2.21. The molecule has 4 heteroatoms. The summed E-state index contributed by atoms with van der Waals surface area (Å²) >= 11 is 0. The third kappa shape index (κ3) is 2.72. The molecule has 116 valence electrons. The first kappa shape index (κ1) is 14.0. The molecule has 2 aromatic heterocycles. The van der Waals surface area contributed by atoms with Crippen molar-refractivity contribution in [2.24, 2.45) is 5.92 Å². The van der Waals surface area contributed by atoms with Gasteiger partial charge in [0.1, 0.15) is 0 Å². The number of hydrogen-bond donors (Lipinski definition) is 2. The van der Waals surface area contributed by atoms with Gasteiger partial charge in [-0.05, 0) is 43.0 Å². The number of fused-ring (bicyclic) bond motifs is 3. The second-order valence-electron chi connectivity index (χ2n) is 6.11. The van der Waals surface area contributed by atoms with Crippen molar-refractivity contribution >= 4 is 16.8 Å². The van der Waals surface area contributed by atoms with E-state index in [0.717, 1.165) is 25.0 Å². The maximum absolute atomic E-state index is 12.5. The Bertz CT molecular complexity index is 838. The first-order valence-electron chi connectivity index (χ1n) is 8.07. The predicted molar refractivity (Wildman–Crippen MR) is 89.9 cm³/mol. The molecule has 3 aromatic rings. The number of hydrogen-bond acceptors (Lipinski definition) is 2. The number of aromatic amines is 1. The summed E-state index contributed by atoms with van der Waals surface area (Å²) in [5.74, 6) is 0.178. The number of H-pyrrole nitrogens is 1. The first-order valence-corrected chi connectivity index (χ1v) is 8.07. The van der Waals surface area contributed by atoms with Gasteiger partial charge in [0.25, 0.3) is 0 Å². The van der Waals surface area contributed by atoms with E-state index in [2.05, 4.69) is 33.5 Å². The topological polar surface area (TPSA) is 57.8 Å². The van der Waals surface area contributed by atoms with Crippen LogP contribution in [-0.2, 0) is 24.2 Å². The molecular weight excluding hydrogens is 286 g/mol. The molecule has 1 aromatic carbocycles. The molecule has 1 aliphatic carbocycles. The molecule has 4 nitrogen and oxygen atoms in total. The van der Waals surface area contributed by atoms with Crippen molar-refractivity contribution < 1.29 is 4.79 Å². The first-order chi connectivity index (χ1) is 11.3. The molecule has 4 rings (SSSR count). The van der Waals surface area contributed by atoms with Crippen LogP contribution in [0.3, 0.4) is 0 Å². The number of aryl methyl sites for hydroxylation is 1. The zero-order valence-corrected chi connectivity index (χ0v) is 12.9. The monoisotopic (exact) mass is 305 g/mol. The Morgan fingerprint density at radius 2 is 2.09 bits per heavy atom. The number of amides is 1. The fourth-order valence-corrected chi connectivity index (χ4v) is 3.42. The highest BCUT2D eigenvalue weighted by Gasteiger charge is 2.27. The molecule has 2 N–H and O–H groups in total. The van der Waals surface area contributed by atoms with Gasteiger partial charge in [-0.2, -0.15) is 0 Å². The van der Waals surface area contributed by atoms with Crippen LogP contribution < -0.4 is 5.32 Å². The highest BCUT2D eigenvalue weighted by Crippen LogP contribution is 2.31. The molecule has 0 fully saturated rings. The van der Waals surface area contributed by atoms with Crippen LogP contribution in [0.2, 0.25) is 0 Å². The third-order valence-corrected chi connectivity index (χ3v) is 4.64. The van der Waals surface area contributed by atoms with Gasteiger partial charge in [0.2, 0.25) is 5.91 Å². The summed E-state index contributed by atoms with van der Waals surface area (Å²) in [4.78, 5) is 20.2. The summed E-state index contributed by atoms with van der Waals surface area (Å²) in [6.45, 7) is 0.497. The molecule has 1 amide bonds. The maximum Gasteiger partial charge on any atom is 0.223 e. The number of benzene rings is 1. The minimum atomic E-state index is 0.0467. The Morgan fingerprint density at radius 1 is 1.22 bits per heavy atom. The van der Waals surface area contributed by atoms with E-state index in [-0.39, 0.29) is 11.8 Å². The Balaban J connectivity index is 1.48. The van der Waals surface area contributed by atoms with Gasteiger partial charge in [-0.25, -0.2) is 0 Å². The molecule has 1 unspecified atom stereocenters. The van der Waals surface area contributed by atoms with E-state index in [4.69, 9.17) is 0 Å². The summed E-state index contributed by atoms with van der Waals surface area (Å²) in [5.41, 5.74) is 4.67. The molecule has 0 bridgehead atoms. The summed E-state index contributed by atoms with van der Waals surface area (Å²) in [6.07, 6.45) is 4.40. The number of aromatic nitrogens is 2. The summed E-state index contributed by atoms with van der Waals surface area (Å²) in [5, 5.41) is 4.28. The van der Waals surface area contributed by atoms with Crippen LogP contribution in [0.1, 0.15) is 23.4 Å². The lowest BCUT2D eigenvalue weighted by molar-refractivity contribution is -0.125. The Hall–Kier alpha value is -2.62. The number of rotatable bonds is 3. The minimum absolute atomic E-state index is 0.0467. The molecule has 0 saturated heterocycles. The quantitative estimate of drug-likeness (QED) is 0.781. The third-order valence-electron chi connectivity index (χ3n) is 4.64. The highest BCUT2D eigenvalue weighted by atomic mass is 16.1. The van der Waals surface area contributed by atoms with Gasteiger partial charge in [-0.1, -0.05) is 24.3 Å². The van der Waals surface area contributed by atoms with E-state index in [1.807, 2.05) is 24.3 Å². The Morgan fingerprint density at radius 3 is 2.96 bits per heavy atom. The summed E-state index contributed by atoms with van der Waals surface area (Å²) in [6, 6.07) is 14.1. The maximum atomic E-state index is 12.5. The second kappa shape index (κ2) is 5.88. The molecule has 1 atom stereocenters. The van der Waals surface area contributed by atoms with Crippen LogP contribution in [0.15, 0.2) is 48.7 Å². The van der Waals surface area contributed by atoms with Crippen molar-refractivity contribution in [3.05, 3.63) is 65.6 Å². The normalized spacial score (nSPS) is 17.0. The number of pyridine rings is 1. The summed E-state index contributed by atoms with van der Waals surface area (Å²) in [7, 11) is 0. The van der Waals surface area contributed by atoms with Crippen molar-refractivity contribution in [3.63, 3.8) is 0 Å². The largest absolute Gasteiger partial charge is 0.358 e. The van der Waals surface area contributed by atoms with Gasteiger partial charge in [-0.15, -0.1) is 0 Å². The zero-order valence-electron chi connectivity index (χ0n) is 12.9. The van der Waals surface area contributed by atoms with Gasteiger partial charge in [0.05, 0.1) is 12.2 Å². The smallest absolute Gasteiger partial charge is 0.223 e. The van der Waals surface area contributed by atoms with Gasteiger partial charge >= 0.3 is 0 Å². The number of nitrogens with zero attached hydrogens (tertiary/aromatic N) is 1. The van der Waals surface area contributed by atoms with Crippen molar-refractivity contribution in [3.8, 4) is 0 Å². The van der Waals surface area contributed by atoms with Crippen LogP contribution >= 0.6 is 0 Å². The van der Waals surface area contributed by atoms with E-state index in [9.17, 15) is 4.79 Å². The van der Waals surface area contributed by atoms with Gasteiger partial charge in [0, 0.05) is 28.7 Å². The van der Waals surface area contributed by atoms with Gasteiger partial charge in [-0.3, -0.25) is 9.78 Å². The molecule has 0 aliphatic heterocycles. The Labute approximate surface area is 134 Å². The molecule has 0 radical (unpaired) electrons. The number of carbonyl (C=O) groups excluding carboxylic acids is 1. The predicted octanol–water partition coefficient (Wildman–Crippen LogP) is 2.98. The zero-order chi connectivity index (χ0) is 15.6. The molecule has 0 saturated carbocycles. The second-order valence-corrected chi connectivity index (χ2v) is 6.11. The van der Waals surface area contributed by atoms with E-state index in [0.29, 0.717) is 6.54 Å². The van der Waals surface area contributed by atoms with Crippen LogP contribution in [-0.4, -0.2) is 15.9 Å². The minimum Gasteiger partial charge on any atom is -0.358 e. The molecular formula is C19H19N3O. The van der Waals surface area contributed by atoms with Crippen LogP contribution in [0, 0.1) is 5.92 Å². The number of nitrogens with one attached hydrogen (secondary N) is 2. The van der Waals surface area contributed by atoms with Crippen molar-refractivity contribution in [2.45, 2.75) is 25.8 Å². The SMILES string of the molecule is O=C(NCc1ccccn1)C1CCc2[nH]c3ccccc3c2C1. The lowest BCUT2D eigenvalue weighted by atomic mass is 9.86. The van der Waals surface area contributed by atoms with E-state index in [1.54, 1.807) is 6.20 Å². The van der Waals surface area contributed by atoms with E-state index in [1.165, 1.54) is 22.2 Å². The average Bonchev–Trinajstić information content (AvgIpc) is 2.98. The van der Waals surface area contributed by atoms with Gasteiger partial charge in [0.15, 0.2) is 0 Å². The molecule has 1 aliphatic rings. The fraction of sp³-hybridized carbons (Fsp3) is 0.263. The van der Waals surface area contributed by atoms with Crippen molar-refractivity contribution in [2.75, 3.05) is 0 Å². The number of carbonyl (C=O) groups is 1. The average molecular weight is 305 g/mol. The highest BCUT2D eigenvalue weighted by molar-refractivity contribution is 5.86. The Kier molecular flexibility index (Phi) is 3.58. The molecule has 2 heterocycles. The van der Waals surface area contributed by atoms with Crippen LogP contribution in [0.4, 0.5) is 0 Å². The molecule has 23 heavy (non-hydrogen) atoms. The fourth-order valence-electron chi connectivity index (χ4n) is 3.42. The van der Waals surface area contributed by atoms with E-state index < -0.39 is 0 Å². The number of para-hydroxylation sites is 1. The summed E-state index contributed by atoms with van der Waals surface area (Å²) < 4.78 is 0. The lowest BCUT2D eigenvalue weighted by Crippen LogP contribution is -2.33. The van der Waals surface area contributed by atoms with Crippen LogP contribution in [0.25, 0.3) is 10.9 Å².